The normalized spacial score (nSPS) is 11.9. The number of hydrogen-bond donors (Lipinski definition) is 1. The van der Waals surface area contributed by atoms with Crippen LogP contribution in [-0.4, -0.2) is 18.2 Å². The van der Waals surface area contributed by atoms with Gasteiger partial charge in [0.1, 0.15) is 11.3 Å². The number of allylic oxidation sites excluding steroid dienone is 1. The van der Waals surface area contributed by atoms with Gasteiger partial charge >= 0.3 is 5.97 Å². The van der Waals surface area contributed by atoms with Gasteiger partial charge in [-0.1, -0.05) is 31.5 Å². The Labute approximate surface area is 124 Å². The summed E-state index contributed by atoms with van der Waals surface area (Å²) >= 11 is 0. The highest BCUT2D eigenvalue weighted by molar-refractivity contribution is 5.90. The maximum Gasteiger partial charge on any atom is 0.307 e. The molecule has 0 atom stereocenters. The van der Waals surface area contributed by atoms with E-state index in [0.29, 0.717) is 11.1 Å². The summed E-state index contributed by atoms with van der Waals surface area (Å²) in [7, 11) is 1.61. The molecule has 0 amide bonds. The number of para-hydroxylation sites is 1. The van der Waals surface area contributed by atoms with E-state index >= 15 is 0 Å². The number of carboxylic acids is 1. The van der Waals surface area contributed by atoms with Crippen molar-refractivity contribution < 1.29 is 19.1 Å². The van der Waals surface area contributed by atoms with Gasteiger partial charge in [-0.2, -0.15) is 0 Å². The minimum Gasteiger partial charge on any atom is -0.504 e. The number of fused-ring (bicyclic) bond motifs is 1. The third-order valence-electron chi connectivity index (χ3n) is 3.46. The maximum atomic E-state index is 11.0. The van der Waals surface area contributed by atoms with E-state index in [-0.39, 0.29) is 6.42 Å². The number of rotatable bonds is 6. The van der Waals surface area contributed by atoms with Gasteiger partial charge in [0.05, 0.1) is 19.8 Å². The molecule has 1 aromatic heterocycles. The summed E-state index contributed by atoms with van der Waals surface area (Å²) in [5.41, 5.74) is 3.37. The summed E-state index contributed by atoms with van der Waals surface area (Å²) in [6, 6.07) is 5.62. The number of carbonyl (C=O) groups is 1. The molecule has 2 aromatic rings. The summed E-state index contributed by atoms with van der Waals surface area (Å²) in [5.74, 6) is -0.0779. The predicted octanol–water partition coefficient (Wildman–Crippen LogP) is 4.16. The molecule has 1 heterocycles. The molecule has 0 aliphatic rings. The summed E-state index contributed by atoms with van der Waals surface area (Å²) in [6.07, 6.45) is 3.49. The number of furan rings is 1. The Balaban J connectivity index is 2.59. The minimum atomic E-state index is -0.862. The van der Waals surface area contributed by atoms with Crippen LogP contribution in [0.1, 0.15) is 36.7 Å². The summed E-state index contributed by atoms with van der Waals surface area (Å²) in [4.78, 5) is 11.0. The van der Waals surface area contributed by atoms with Crippen LogP contribution < -0.4 is 0 Å². The highest BCUT2D eigenvalue weighted by Crippen LogP contribution is 2.34. The van der Waals surface area contributed by atoms with Crippen molar-refractivity contribution >= 4 is 22.5 Å². The zero-order valence-corrected chi connectivity index (χ0v) is 12.6. The molecule has 0 saturated carbocycles. The largest absolute Gasteiger partial charge is 0.504 e. The molecule has 0 unspecified atom stereocenters. The lowest BCUT2D eigenvalue weighted by Crippen LogP contribution is -1.99. The molecule has 0 radical (unpaired) electrons. The van der Waals surface area contributed by atoms with Crippen LogP contribution in [0.5, 0.6) is 0 Å². The fraction of sp³-hybridized carbons (Fsp3) is 0.353. The third-order valence-corrected chi connectivity index (χ3v) is 3.46. The second kappa shape index (κ2) is 6.48. The lowest BCUT2D eigenvalue weighted by molar-refractivity contribution is -0.136. The van der Waals surface area contributed by atoms with Crippen molar-refractivity contribution in [1.82, 2.24) is 0 Å². The van der Waals surface area contributed by atoms with Crippen molar-refractivity contribution in [2.75, 3.05) is 7.11 Å². The average molecular weight is 288 g/mol. The summed E-state index contributed by atoms with van der Waals surface area (Å²) < 4.78 is 11.1. The quantitative estimate of drug-likeness (QED) is 0.811. The molecule has 0 aliphatic heterocycles. The topological polar surface area (TPSA) is 59.7 Å². The Hall–Kier alpha value is -2.23. The van der Waals surface area contributed by atoms with Crippen molar-refractivity contribution in [1.29, 1.82) is 0 Å². The van der Waals surface area contributed by atoms with Gasteiger partial charge in [0, 0.05) is 22.1 Å². The molecule has 0 bridgehead atoms. The van der Waals surface area contributed by atoms with E-state index in [0.717, 1.165) is 35.1 Å². The van der Waals surface area contributed by atoms with Gasteiger partial charge in [-0.15, -0.1) is 0 Å². The second-order valence-electron chi connectivity index (χ2n) is 5.05. The molecule has 1 aromatic carbocycles. The van der Waals surface area contributed by atoms with Gasteiger partial charge in [-0.25, -0.2) is 0 Å². The Morgan fingerprint density at radius 3 is 2.81 bits per heavy atom. The van der Waals surface area contributed by atoms with Crippen LogP contribution in [0.25, 0.3) is 16.5 Å². The number of methoxy groups -OCH3 is 1. The molecule has 0 aliphatic carbocycles. The molecular formula is C17H20O4. The van der Waals surface area contributed by atoms with Gasteiger partial charge in [0.25, 0.3) is 0 Å². The Morgan fingerprint density at radius 1 is 1.43 bits per heavy atom. The SMILES string of the molecule is CCCC(=COC)c1oc2c(CC(=O)O)cccc2c1C. The molecular weight excluding hydrogens is 268 g/mol. The Bertz CT molecular complexity index is 679. The standard InChI is InChI=1S/C17H20O4/c1-4-6-13(10-20-3)16-11(2)14-8-5-7-12(9-15(18)19)17(14)21-16/h5,7-8,10H,4,6,9H2,1-3H3,(H,18,19). The molecule has 2 rings (SSSR count). The van der Waals surface area contributed by atoms with E-state index in [2.05, 4.69) is 6.92 Å². The van der Waals surface area contributed by atoms with Gasteiger partial charge in [0.2, 0.25) is 0 Å². The molecule has 1 N–H and O–H groups in total. The predicted molar refractivity (Wildman–Crippen MR) is 82.2 cm³/mol. The van der Waals surface area contributed by atoms with E-state index in [1.54, 1.807) is 19.4 Å². The summed E-state index contributed by atoms with van der Waals surface area (Å²) in [6.45, 7) is 4.09. The van der Waals surface area contributed by atoms with Crippen LogP contribution in [-0.2, 0) is 16.0 Å². The van der Waals surface area contributed by atoms with E-state index < -0.39 is 5.97 Å². The zero-order valence-electron chi connectivity index (χ0n) is 12.6. The van der Waals surface area contributed by atoms with E-state index in [4.69, 9.17) is 14.3 Å². The number of aliphatic carboxylic acids is 1. The van der Waals surface area contributed by atoms with Crippen LogP contribution in [0.15, 0.2) is 28.9 Å². The van der Waals surface area contributed by atoms with E-state index in [1.165, 1.54) is 0 Å². The lowest BCUT2D eigenvalue weighted by atomic mass is 10.0. The number of hydrogen-bond acceptors (Lipinski definition) is 3. The zero-order chi connectivity index (χ0) is 15.4. The lowest BCUT2D eigenvalue weighted by Gasteiger charge is -2.03. The first kappa shape index (κ1) is 15.2. The fourth-order valence-corrected chi connectivity index (χ4v) is 2.55. The average Bonchev–Trinajstić information content (AvgIpc) is 2.77. The first-order chi connectivity index (χ1) is 10.1. The molecule has 4 heteroatoms. The van der Waals surface area contributed by atoms with E-state index in [1.807, 2.05) is 19.1 Å². The van der Waals surface area contributed by atoms with Crippen LogP contribution in [0.2, 0.25) is 0 Å². The number of carboxylic acid groups (broad SMARTS) is 1. The first-order valence-electron chi connectivity index (χ1n) is 7.03. The van der Waals surface area contributed by atoms with Gasteiger partial charge in [-0.3, -0.25) is 4.79 Å². The number of ether oxygens (including phenoxy) is 1. The Kier molecular flexibility index (Phi) is 4.68. The molecule has 4 nitrogen and oxygen atoms in total. The van der Waals surface area contributed by atoms with E-state index in [9.17, 15) is 4.79 Å². The highest BCUT2D eigenvalue weighted by atomic mass is 16.5. The minimum absolute atomic E-state index is 0.0408. The number of benzene rings is 1. The summed E-state index contributed by atoms with van der Waals surface area (Å²) in [5, 5.41) is 9.97. The van der Waals surface area contributed by atoms with Crippen molar-refractivity contribution in [3.8, 4) is 0 Å². The van der Waals surface area contributed by atoms with Gasteiger partial charge < -0.3 is 14.3 Å². The Morgan fingerprint density at radius 2 is 2.19 bits per heavy atom. The van der Waals surface area contributed by atoms with Crippen molar-refractivity contribution in [2.24, 2.45) is 0 Å². The molecule has 0 fully saturated rings. The van der Waals surface area contributed by atoms with Crippen LogP contribution >= 0.6 is 0 Å². The van der Waals surface area contributed by atoms with Crippen LogP contribution in [0, 0.1) is 6.92 Å². The molecule has 112 valence electrons. The van der Waals surface area contributed by atoms with Gasteiger partial charge in [-0.05, 0) is 13.3 Å². The highest BCUT2D eigenvalue weighted by Gasteiger charge is 2.17. The van der Waals surface area contributed by atoms with Crippen molar-refractivity contribution in [2.45, 2.75) is 33.1 Å². The molecule has 21 heavy (non-hydrogen) atoms. The van der Waals surface area contributed by atoms with Crippen molar-refractivity contribution in [3.05, 3.63) is 41.3 Å². The first-order valence-corrected chi connectivity index (χ1v) is 7.03. The smallest absolute Gasteiger partial charge is 0.307 e. The number of aryl methyl sites for hydroxylation is 1. The van der Waals surface area contributed by atoms with Crippen LogP contribution in [0.4, 0.5) is 0 Å². The third kappa shape index (κ3) is 3.10. The molecule has 0 spiro atoms. The van der Waals surface area contributed by atoms with Gasteiger partial charge in [0.15, 0.2) is 0 Å². The van der Waals surface area contributed by atoms with Crippen LogP contribution in [0.3, 0.4) is 0 Å². The maximum absolute atomic E-state index is 11.0. The monoisotopic (exact) mass is 288 g/mol. The molecule has 0 saturated heterocycles. The second-order valence-corrected chi connectivity index (χ2v) is 5.05. The van der Waals surface area contributed by atoms with Crippen molar-refractivity contribution in [3.63, 3.8) is 0 Å². The fourth-order valence-electron chi connectivity index (χ4n) is 2.55.